The van der Waals surface area contributed by atoms with Crippen molar-refractivity contribution in [3.8, 4) is 33.4 Å². The summed E-state index contributed by atoms with van der Waals surface area (Å²) in [4.78, 5) is 2.38. The highest BCUT2D eigenvalue weighted by Gasteiger charge is 2.35. The smallest absolute Gasteiger partial charge is 0.143 e. The van der Waals surface area contributed by atoms with Gasteiger partial charge in [-0.3, -0.25) is 0 Å². The number of nitrogens with zero attached hydrogens (tertiary/aromatic N) is 1. The van der Waals surface area contributed by atoms with Crippen molar-refractivity contribution in [1.29, 1.82) is 0 Å². The second-order valence-corrected chi connectivity index (χ2v) is 14.1. The fourth-order valence-electron chi connectivity index (χ4n) is 8.29. The summed E-state index contributed by atoms with van der Waals surface area (Å²) >= 11 is 0. The normalized spacial score (nSPS) is 13.1. The zero-order valence-electron chi connectivity index (χ0n) is 28.6. The van der Waals surface area contributed by atoms with Crippen LogP contribution in [0.4, 0.5) is 17.1 Å². The summed E-state index contributed by atoms with van der Waals surface area (Å²) in [6.45, 7) is 4.68. The Balaban J connectivity index is 1.15. The van der Waals surface area contributed by atoms with Crippen LogP contribution < -0.4 is 4.90 Å². The molecule has 0 saturated carbocycles. The maximum Gasteiger partial charge on any atom is 0.143 e. The lowest BCUT2D eigenvalue weighted by Crippen LogP contribution is -2.16. The van der Waals surface area contributed by atoms with Crippen LogP contribution in [0.15, 0.2) is 180 Å². The molecule has 0 radical (unpaired) electrons. The summed E-state index contributed by atoms with van der Waals surface area (Å²) in [7, 11) is 0. The van der Waals surface area contributed by atoms with E-state index >= 15 is 0 Å². The molecular formula is C49H35NO. The molecule has 2 heteroatoms. The lowest BCUT2D eigenvalue weighted by molar-refractivity contribution is 0.660. The van der Waals surface area contributed by atoms with E-state index in [2.05, 4.69) is 195 Å². The van der Waals surface area contributed by atoms with Crippen LogP contribution in [-0.2, 0) is 5.41 Å². The number of furan rings is 1. The van der Waals surface area contributed by atoms with Gasteiger partial charge in [0, 0.05) is 38.6 Å². The van der Waals surface area contributed by atoms with Gasteiger partial charge >= 0.3 is 0 Å². The zero-order chi connectivity index (χ0) is 34.1. The molecule has 0 amide bonds. The summed E-state index contributed by atoms with van der Waals surface area (Å²) in [5.41, 5.74) is 15.3. The Bertz CT molecular complexity index is 2760. The number of anilines is 3. The van der Waals surface area contributed by atoms with Crippen molar-refractivity contribution in [2.45, 2.75) is 19.3 Å². The van der Waals surface area contributed by atoms with E-state index < -0.39 is 0 Å². The van der Waals surface area contributed by atoms with Gasteiger partial charge in [-0.15, -0.1) is 0 Å². The maximum atomic E-state index is 6.68. The van der Waals surface area contributed by atoms with Gasteiger partial charge in [0.2, 0.25) is 0 Å². The molecule has 51 heavy (non-hydrogen) atoms. The van der Waals surface area contributed by atoms with Gasteiger partial charge in [0.1, 0.15) is 11.2 Å². The Morgan fingerprint density at radius 3 is 1.80 bits per heavy atom. The molecule has 0 N–H and O–H groups in total. The van der Waals surface area contributed by atoms with Crippen molar-refractivity contribution in [2.75, 3.05) is 4.90 Å². The molecule has 0 fully saturated rings. The third-order valence-electron chi connectivity index (χ3n) is 10.9. The van der Waals surface area contributed by atoms with Gasteiger partial charge in [-0.2, -0.15) is 0 Å². The first kappa shape index (κ1) is 29.5. The summed E-state index contributed by atoms with van der Waals surface area (Å²) in [6, 6.07) is 63.6. The Morgan fingerprint density at radius 2 is 1.00 bits per heavy atom. The van der Waals surface area contributed by atoms with Gasteiger partial charge in [0.15, 0.2) is 0 Å². The van der Waals surface area contributed by atoms with Crippen molar-refractivity contribution in [1.82, 2.24) is 0 Å². The molecule has 10 rings (SSSR count). The first-order valence-electron chi connectivity index (χ1n) is 17.7. The Hall–Kier alpha value is -6.38. The van der Waals surface area contributed by atoms with Crippen LogP contribution in [0.2, 0.25) is 0 Å². The molecule has 9 aromatic rings. The highest BCUT2D eigenvalue weighted by molar-refractivity contribution is 6.19. The second-order valence-electron chi connectivity index (χ2n) is 14.1. The van der Waals surface area contributed by atoms with Crippen molar-refractivity contribution < 1.29 is 4.42 Å². The average molecular weight is 654 g/mol. The van der Waals surface area contributed by atoms with Crippen molar-refractivity contribution in [3.05, 3.63) is 187 Å². The van der Waals surface area contributed by atoms with E-state index in [0.29, 0.717) is 0 Å². The standard InChI is InChI=1S/C49H35NO/c1-49(2)45-20-12-11-18-39(45)40-27-25-37(30-46(40)49)50(35-15-7-4-8-16-35)36-26-28-47-43(29-36)44-31-42(38-17-9-10-19-41(38)48(44)51-47)34-23-21-33(22-24-34)32-13-5-3-6-14-32/h3-31H,1-2H3. The van der Waals surface area contributed by atoms with E-state index in [0.717, 1.165) is 44.4 Å². The van der Waals surface area contributed by atoms with Gasteiger partial charge in [-0.05, 0) is 98.4 Å². The summed E-state index contributed by atoms with van der Waals surface area (Å²) < 4.78 is 6.68. The Labute approximate surface area is 297 Å². The molecule has 0 saturated heterocycles. The molecule has 1 aliphatic rings. The lowest BCUT2D eigenvalue weighted by atomic mass is 9.82. The van der Waals surface area contributed by atoms with Gasteiger partial charge in [-0.1, -0.05) is 141 Å². The fraction of sp³-hybridized carbons (Fsp3) is 0.0612. The fourth-order valence-corrected chi connectivity index (χ4v) is 8.29. The molecule has 8 aromatic carbocycles. The SMILES string of the molecule is CC1(C)c2ccccc2-c2ccc(N(c3ccccc3)c3ccc4oc5c6ccccc6c(-c6ccc(-c7ccccc7)cc6)cc5c4c3)cc21. The lowest BCUT2D eigenvalue weighted by Gasteiger charge is -2.28. The van der Waals surface area contributed by atoms with E-state index in [1.54, 1.807) is 0 Å². The summed E-state index contributed by atoms with van der Waals surface area (Å²) in [5.74, 6) is 0. The predicted molar refractivity (Wildman–Crippen MR) is 214 cm³/mol. The number of rotatable bonds is 5. The quantitative estimate of drug-likeness (QED) is 0.184. The van der Waals surface area contributed by atoms with E-state index in [9.17, 15) is 0 Å². The van der Waals surface area contributed by atoms with Crippen LogP contribution in [0.3, 0.4) is 0 Å². The number of benzene rings is 8. The average Bonchev–Trinajstić information content (AvgIpc) is 3.67. The van der Waals surface area contributed by atoms with E-state index in [4.69, 9.17) is 4.42 Å². The van der Waals surface area contributed by atoms with Gasteiger partial charge < -0.3 is 9.32 Å². The molecule has 1 aliphatic carbocycles. The molecule has 242 valence electrons. The van der Waals surface area contributed by atoms with Crippen molar-refractivity contribution in [2.24, 2.45) is 0 Å². The molecule has 0 bridgehead atoms. The Morgan fingerprint density at radius 1 is 0.392 bits per heavy atom. The Kier molecular flexibility index (Phi) is 6.56. The first-order chi connectivity index (χ1) is 25.0. The number of hydrogen-bond donors (Lipinski definition) is 0. The van der Waals surface area contributed by atoms with E-state index in [1.807, 2.05) is 0 Å². The van der Waals surface area contributed by atoms with Crippen LogP contribution in [-0.4, -0.2) is 0 Å². The van der Waals surface area contributed by atoms with Crippen LogP contribution in [0.1, 0.15) is 25.0 Å². The number of para-hydroxylation sites is 1. The largest absolute Gasteiger partial charge is 0.455 e. The number of fused-ring (bicyclic) bond motifs is 8. The molecule has 1 aromatic heterocycles. The highest BCUT2D eigenvalue weighted by Crippen LogP contribution is 2.51. The van der Waals surface area contributed by atoms with Crippen LogP contribution in [0.25, 0.3) is 66.1 Å². The third-order valence-corrected chi connectivity index (χ3v) is 10.9. The molecular weight excluding hydrogens is 619 g/mol. The molecule has 1 heterocycles. The van der Waals surface area contributed by atoms with E-state index in [-0.39, 0.29) is 5.41 Å². The first-order valence-corrected chi connectivity index (χ1v) is 17.7. The van der Waals surface area contributed by atoms with Crippen molar-refractivity contribution >= 4 is 49.8 Å². The van der Waals surface area contributed by atoms with Gasteiger partial charge in [0.25, 0.3) is 0 Å². The maximum absolute atomic E-state index is 6.68. The molecule has 2 nitrogen and oxygen atoms in total. The molecule has 0 unspecified atom stereocenters. The van der Waals surface area contributed by atoms with E-state index in [1.165, 1.54) is 49.9 Å². The number of hydrogen-bond acceptors (Lipinski definition) is 2. The predicted octanol–water partition coefficient (Wildman–Crippen LogP) is 13.8. The van der Waals surface area contributed by atoms with Crippen LogP contribution in [0, 0.1) is 0 Å². The summed E-state index contributed by atoms with van der Waals surface area (Å²) in [5, 5.41) is 4.52. The van der Waals surface area contributed by atoms with Gasteiger partial charge in [0.05, 0.1) is 0 Å². The minimum Gasteiger partial charge on any atom is -0.455 e. The second kappa shape index (κ2) is 11.3. The van der Waals surface area contributed by atoms with Crippen molar-refractivity contribution in [3.63, 3.8) is 0 Å². The monoisotopic (exact) mass is 653 g/mol. The zero-order valence-corrected chi connectivity index (χ0v) is 28.6. The molecule has 0 atom stereocenters. The third kappa shape index (κ3) is 4.64. The minimum absolute atomic E-state index is 0.0915. The summed E-state index contributed by atoms with van der Waals surface area (Å²) in [6.07, 6.45) is 0. The highest BCUT2D eigenvalue weighted by atomic mass is 16.3. The molecule has 0 aliphatic heterocycles. The van der Waals surface area contributed by atoms with Gasteiger partial charge in [-0.25, -0.2) is 0 Å². The minimum atomic E-state index is -0.0915. The topological polar surface area (TPSA) is 16.4 Å². The van der Waals surface area contributed by atoms with Crippen LogP contribution >= 0.6 is 0 Å². The molecule has 0 spiro atoms. The van der Waals surface area contributed by atoms with Crippen LogP contribution in [0.5, 0.6) is 0 Å².